The normalized spacial score (nSPS) is 23.6. The van der Waals surface area contributed by atoms with Crippen LogP contribution in [0.15, 0.2) is 29.4 Å². The fourth-order valence-electron chi connectivity index (χ4n) is 3.05. The van der Waals surface area contributed by atoms with Crippen LogP contribution in [-0.4, -0.2) is 37.3 Å². The number of rotatable bonds is 4. The number of likely N-dealkylation sites (tertiary alicyclic amines) is 1. The van der Waals surface area contributed by atoms with Crippen LogP contribution in [0.5, 0.6) is 0 Å². The maximum atomic E-state index is 4.41. The third kappa shape index (κ3) is 2.42. The first-order chi connectivity index (χ1) is 9.79. The Hall–Kier alpha value is -1.14. The van der Waals surface area contributed by atoms with Crippen LogP contribution in [0.4, 0.5) is 0 Å². The van der Waals surface area contributed by atoms with Gasteiger partial charge in [-0.1, -0.05) is 0 Å². The lowest BCUT2D eigenvalue weighted by Gasteiger charge is -2.17. The van der Waals surface area contributed by atoms with Gasteiger partial charge in [-0.25, -0.2) is 4.98 Å². The van der Waals surface area contributed by atoms with Crippen LogP contribution in [-0.2, 0) is 6.54 Å². The van der Waals surface area contributed by atoms with E-state index in [0.29, 0.717) is 12.1 Å². The van der Waals surface area contributed by atoms with Crippen LogP contribution in [0, 0.1) is 0 Å². The van der Waals surface area contributed by atoms with Gasteiger partial charge in [0.25, 0.3) is 0 Å². The molecule has 1 unspecified atom stereocenters. The SMILES string of the molecule is Brc1cnn(C2CCN(Cc3cncn3C3CC3)C2)c1. The quantitative estimate of drug-likeness (QED) is 0.862. The first-order valence-electron chi connectivity index (χ1n) is 7.22. The van der Waals surface area contributed by atoms with Crippen LogP contribution in [0.2, 0.25) is 0 Å². The number of hydrogen-bond donors (Lipinski definition) is 0. The van der Waals surface area contributed by atoms with Crippen LogP contribution in [0.25, 0.3) is 0 Å². The number of imidazole rings is 1. The number of nitrogens with zero attached hydrogens (tertiary/aromatic N) is 5. The van der Waals surface area contributed by atoms with Gasteiger partial charge in [-0.3, -0.25) is 9.58 Å². The molecule has 1 aliphatic heterocycles. The summed E-state index contributed by atoms with van der Waals surface area (Å²) in [6, 6.07) is 1.21. The third-order valence-corrected chi connectivity index (χ3v) is 4.67. The van der Waals surface area contributed by atoms with Gasteiger partial charge in [0.05, 0.1) is 28.7 Å². The molecule has 0 N–H and O–H groups in total. The lowest BCUT2D eigenvalue weighted by Crippen LogP contribution is -2.22. The van der Waals surface area contributed by atoms with E-state index in [2.05, 4.69) is 46.4 Å². The molecule has 3 heterocycles. The van der Waals surface area contributed by atoms with E-state index < -0.39 is 0 Å². The molecule has 2 aromatic heterocycles. The van der Waals surface area contributed by atoms with Crippen LogP contribution < -0.4 is 0 Å². The molecule has 2 fully saturated rings. The van der Waals surface area contributed by atoms with Crippen molar-refractivity contribution in [2.75, 3.05) is 13.1 Å². The number of hydrogen-bond acceptors (Lipinski definition) is 3. The monoisotopic (exact) mass is 335 g/mol. The van der Waals surface area contributed by atoms with E-state index in [4.69, 9.17) is 0 Å². The zero-order valence-corrected chi connectivity index (χ0v) is 12.9. The van der Waals surface area contributed by atoms with E-state index in [0.717, 1.165) is 24.1 Å². The minimum Gasteiger partial charge on any atom is -0.330 e. The Morgan fingerprint density at radius 2 is 2.10 bits per heavy atom. The van der Waals surface area contributed by atoms with Crippen molar-refractivity contribution in [1.29, 1.82) is 0 Å². The smallest absolute Gasteiger partial charge is 0.0951 e. The summed E-state index contributed by atoms with van der Waals surface area (Å²) in [4.78, 5) is 6.83. The minimum atomic E-state index is 0.499. The summed E-state index contributed by atoms with van der Waals surface area (Å²) in [7, 11) is 0. The third-order valence-electron chi connectivity index (χ3n) is 4.26. The molecule has 2 aliphatic rings. The van der Waals surface area contributed by atoms with Crippen molar-refractivity contribution >= 4 is 15.9 Å². The van der Waals surface area contributed by atoms with Crippen molar-refractivity contribution in [2.24, 2.45) is 0 Å². The highest BCUT2D eigenvalue weighted by molar-refractivity contribution is 9.10. The highest BCUT2D eigenvalue weighted by atomic mass is 79.9. The molecule has 1 atom stereocenters. The summed E-state index contributed by atoms with van der Waals surface area (Å²) < 4.78 is 5.50. The van der Waals surface area contributed by atoms with Gasteiger partial charge in [-0.2, -0.15) is 5.10 Å². The van der Waals surface area contributed by atoms with Crippen molar-refractivity contribution in [1.82, 2.24) is 24.2 Å². The fraction of sp³-hybridized carbons (Fsp3) is 0.571. The van der Waals surface area contributed by atoms with E-state index in [1.54, 1.807) is 0 Å². The molecule has 2 aromatic rings. The highest BCUT2D eigenvalue weighted by Gasteiger charge is 2.28. The summed E-state index contributed by atoms with van der Waals surface area (Å²) in [5, 5.41) is 4.41. The van der Waals surface area contributed by atoms with E-state index in [1.807, 2.05) is 18.7 Å². The van der Waals surface area contributed by atoms with E-state index in [9.17, 15) is 0 Å². The van der Waals surface area contributed by atoms with Gasteiger partial charge in [0.1, 0.15) is 0 Å². The maximum absolute atomic E-state index is 4.41. The maximum Gasteiger partial charge on any atom is 0.0951 e. The van der Waals surface area contributed by atoms with Crippen LogP contribution in [0.1, 0.15) is 37.0 Å². The van der Waals surface area contributed by atoms with Crippen molar-refractivity contribution in [3.63, 3.8) is 0 Å². The molecule has 20 heavy (non-hydrogen) atoms. The molecule has 0 spiro atoms. The Balaban J connectivity index is 1.42. The molecule has 6 heteroatoms. The molecule has 0 radical (unpaired) electrons. The predicted molar refractivity (Wildman–Crippen MR) is 79.4 cm³/mol. The lowest BCUT2D eigenvalue weighted by molar-refractivity contribution is 0.303. The van der Waals surface area contributed by atoms with Gasteiger partial charge in [-0.05, 0) is 35.2 Å². The molecule has 0 amide bonds. The molecule has 4 rings (SSSR count). The van der Waals surface area contributed by atoms with Crippen molar-refractivity contribution in [3.8, 4) is 0 Å². The summed E-state index contributed by atoms with van der Waals surface area (Å²) >= 11 is 3.47. The lowest BCUT2D eigenvalue weighted by atomic mass is 10.3. The minimum absolute atomic E-state index is 0.499. The van der Waals surface area contributed by atoms with Gasteiger partial charge in [0.2, 0.25) is 0 Å². The first kappa shape index (κ1) is 12.6. The number of aromatic nitrogens is 4. The second-order valence-electron chi connectivity index (χ2n) is 5.84. The summed E-state index contributed by atoms with van der Waals surface area (Å²) in [5.41, 5.74) is 1.36. The standard InChI is InChI=1S/C14H18BrN5/c15-11-5-17-20(7-11)13-3-4-18(8-13)9-14-6-16-10-19(14)12-1-2-12/h5-7,10,12-13H,1-4,8-9H2. The molecule has 1 saturated heterocycles. The van der Waals surface area contributed by atoms with Gasteiger partial charge in [-0.15, -0.1) is 0 Å². The van der Waals surface area contributed by atoms with Gasteiger partial charge in [0, 0.05) is 38.1 Å². The van der Waals surface area contributed by atoms with Crippen molar-refractivity contribution in [2.45, 2.75) is 37.9 Å². The number of halogens is 1. The molecule has 0 bridgehead atoms. The molecular weight excluding hydrogens is 318 g/mol. The Bertz CT molecular complexity index is 600. The summed E-state index contributed by atoms with van der Waals surface area (Å²) in [5.74, 6) is 0. The van der Waals surface area contributed by atoms with Gasteiger partial charge >= 0.3 is 0 Å². The second kappa shape index (κ2) is 5.00. The molecule has 0 aromatic carbocycles. The average molecular weight is 336 g/mol. The topological polar surface area (TPSA) is 38.9 Å². The predicted octanol–water partition coefficient (Wildman–Crippen LogP) is 2.62. The van der Waals surface area contributed by atoms with Crippen LogP contribution >= 0.6 is 15.9 Å². The van der Waals surface area contributed by atoms with E-state index in [1.165, 1.54) is 25.0 Å². The zero-order valence-electron chi connectivity index (χ0n) is 11.3. The van der Waals surface area contributed by atoms with Crippen LogP contribution in [0.3, 0.4) is 0 Å². The Kier molecular flexibility index (Phi) is 3.15. The summed E-state index contributed by atoms with van der Waals surface area (Å²) in [6.07, 6.45) is 11.8. The fourth-order valence-corrected chi connectivity index (χ4v) is 3.35. The molecular formula is C14H18BrN5. The first-order valence-corrected chi connectivity index (χ1v) is 8.01. The molecule has 1 aliphatic carbocycles. The van der Waals surface area contributed by atoms with Crippen molar-refractivity contribution in [3.05, 3.63) is 35.1 Å². The zero-order chi connectivity index (χ0) is 13.5. The molecule has 5 nitrogen and oxygen atoms in total. The van der Waals surface area contributed by atoms with E-state index in [-0.39, 0.29) is 0 Å². The largest absolute Gasteiger partial charge is 0.330 e. The van der Waals surface area contributed by atoms with Gasteiger partial charge in [0.15, 0.2) is 0 Å². The Morgan fingerprint density at radius 1 is 1.20 bits per heavy atom. The second-order valence-corrected chi connectivity index (χ2v) is 6.76. The highest BCUT2D eigenvalue weighted by Crippen LogP contribution is 2.36. The van der Waals surface area contributed by atoms with Crippen molar-refractivity contribution < 1.29 is 0 Å². The summed E-state index contributed by atoms with van der Waals surface area (Å²) in [6.45, 7) is 3.22. The molecule has 106 valence electrons. The molecule has 1 saturated carbocycles. The van der Waals surface area contributed by atoms with Gasteiger partial charge < -0.3 is 4.57 Å². The van der Waals surface area contributed by atoms with E-state index >= 15 is 0 Å². The average Bonchev–Trinajstić information content (AvgIpc) is 2.87. The Morgan fingerprint density at radius 3 is 2.85 bits per heavy atom. The Labute approximate surface area is 126 Å².